The third-order valence-electron chi connectivity index (χ3n) is 6.63. The number of alkyl halides is 3. The largest absolute Gasteiger partial charge is 0.417 e. The van der Waals surface area contributed by atoms with Crippen molar-refractivity contribution in [1.82, 2.24) is 9.55 Å². The van der Waals surface area contributed by atoms with Crippen molar-refractivity contribution in [3.8, 4) is 0 Å². The van der Waals surface area contributed by atoms with Crippen LogP contribution in [0.2, 0.25) is 0 Å². The predicted octanol–water partition coefficient (Wildman–Crippen LogP) is 6.80. The summed E-state index contributed by atoms with van der Waals surface area (Å²) in [6, 6.07) is 19.8. The van der Waals surface area contributed by atoms with Crippen molar-refractivity contribution in [2.24, 2.45) is 0 Å². The molecule has 4 aromatic rings. The van der Waals surface area contributed by atoms with Crippen LogP contribution in [0, 0.1) is 6.92 Å². The van der Waals surface area contributed by atoms with E-state index in [0.29, 0.717) is 11.7 Å². The minimum atomic E-state index is -4.36. The van der Waals surface area contributed by atoms with Crippen molar-refractivity contribution >= 4 is 16.7 Å². The first-order valence-corrected chi connectivity index (χ1v) is 11.3. The van der Waals surface area contributed by atoms with Crippen LogP contribution in [0.15, 0.2) is 73.1 Å². The SMILES string of the molecule is Cc1ccc(Cn2cc(C3CCN(c4ccc(C(F)(F)F)cn4)CC3)c3ccccc32)cc1. The van der Waals surface area contributed by atoms with E-state index < -0.39 is 11.7 Å². The predicted molar refractivity (Wildman–Crippen MR) is 126 cm³/mol. The molecule has 0 aliphatic carbocycles. The number of nitrogens with zero attached hydrogens (tertiary/aromatic N) is 3. The van der Waals surface area contributed by atoms with E-state index in [1.807, 2.05) is 0 Å². The fourth-order valence-corrected chi connectivity index (χ4v) is 4.78. The number of aromatic nitrogens is 2. The van der Waals surface area contributed by atoms with Gasteiger partial charge in [0.25, 0.3) is 0 Å². The van der Waals surface area contributed by atoms with Crippen LogP contribution in [-0.2, 0) is 12.7 Å². The first kappa shape index (κ1) is 21.6. The normalized spacial score (nSPS) is 15.3. The van der Waals surface area contributed by atoms with Crippen LogP contribution >= 0.6 is 0 Å². The van der Waals surface area contributed by atoms with Crippen molar-refractivity contribution in [1.29, 1.82) is 0 Å². The molecule has 6 heteroatoms. The fraction of sp³-hybridized carbons (Fsp3) is 0.296. The van der Waals surface area contributed by atoms with Gasteiger partial charge in [-0.2, -0.15) is 13.2 Å². The Morgan fingerprint density at radius 1 is 0.939 bits per heavy atom. The molecule has 1 aliphatic rings. The Morgan fingerprint density at radius 3 is 2.33 bits per heavy atom. The lowest BCUT2D eigenvalue weighted by atomic mass is 9.89. The van der Waals surface area contributed by atoms with Crippen molar-refractivity contribution in [3.05, 3.63) is 95.3 Å². The quantitative estimate of drug-likeness (QED) is 0.342. The first-order chi connectivity index (χ1) is 15.9. The van der Waals surface area contributed by atoms with Crippen LogP contribution in [0.1, 0.15) is 41.0 Å². The molecule has 0 N–H and O–H groups in total. The Balaban J connectivity index is 1.34. The molecule has 0 bridgehead atoms. The van der Waals surface area contributed by atoms with Crippen molar-refractivity contribution in [2.75, 3.05) is 18.0 Å². The minimum Gasteiger partial charge on any atom is -0.357 e. The standard InChI is InChI=1S/C27H26F3N3/c1-19-6-8-20(9-7-19)17-33-18-24(23-4-2-3-5-25(23)33)21-12-14-32(15-13-21)26-11-10-22(16-31-26)27(28,29)30/h2-11,16,18,21H,12-15,17H2,1H3. The van der Waals surface area contributed by atoms with Gasteiger partial charge in [0.05, 0.1) is 5.56 Å². The summed E-state index contributed by atoms with van der Waals surface area (Å²) in [6.45, 7) is 4.48. The molecule has 1 aliphatic heterocycles. The van der Waals surface area contributed by atoms with E-state index in [1.165, 1.54) is 33.7 Å². The zero-order valence-electron chi connectivity index (χ0n) is 18.5. The number of hydrogen-bond donors (Lipinski definition) is 0. The molecule has 5 rings (SSSR count). The van der Waals surface area contributed by atoms with E-state index in [9.17, 15) is 13.2 Å². The molecule has 0 unspecified atom stereocenters. The number of rotatable bonds is 4. The molecule has 0 spiro atoms. The molecule has 0 saturated carbocycles. The van der Waals surface area contributed by atoms with Crippen molar-refractivity contribution in [2.45, 2.75) is 38.4 Å². The van der Waals surface area contributed by atoms with E-state index in [-0.39, 0.29) is 0 Å². The van der Waals surface area contributed by atoms with Crippen molar-refractivity contribution in [3.63, 3.8) is 0 Å². The Kier molecular flexibility index (Phi) is 5.60. The van der Waals surface area contributed by atoms with Crippen LogP contribution in [-0.4, -0.2) is 22.6 Å². The van der Waals surface area contributed by atoms with Crippen LogP contribution in [0.25, 0.3) is 10.9 Å². The zero-order chi connectivity index (χ0) is 23.0. The van der Waals surface area contributed by atoms with Gasteiger partial charge < -0.3 is 9.47 Å². The molecular weight excluding hydrogens is 423 g/mol. The van der Waals surface area contributed by atoms with Gasteiger partial charge in [0, 0.05) is 42.9 Å². The van der Waals surface area contributed by atoms with Gasteiger partial charge in [0.1, 0.15) is 5.82 Å². The molecular formula is C27H26F3N3. The lowest BCUT2D eigenvalue weighted by Gasteiger charge is -2.33. The summed E-state index contributed by atoms with van der Waals surface area (Å²) in [5, 5.41) is 1.29. The second-order valence-electron chi connectivity index (χ2n) is 8.88. The third kappa shape index (κ3) is 4.47. The summed E-state index contributed by atoms with van der Waals surface area (Å²) >= 11 is 0. The molecule has 0 atom stereocenters. The summed E-state index contributed by atoms with van der Waals surface area (Å²) in [4.78, 5) is 6.16. The second kappa shape index (κ2) is 8.58. The van der Waals surface area contributed by atoms with E-state index in [4.69, 9.17) is 0 Å². The van der Waals surface area contributed by atoms with Gasteiger partial charge in [-0.25, -0.2) is 4.98 Å². The van der Waals surface area contributed by atoms with Crippen LogP contribution in [0.4, 0.5) is 19.0 Å². The number of pyridine rings is 1. The number of halogens is 3. The van der Waals surface area contributed by atoms with Crippen LogP contribution < -0.4 is 4.90 Å². The Hall–Kier alpha value is -3.28. The topological polar surface area (TPSA) is 21.1 Å². The number of aryl methyl sites for hydroxylation is 1. The minimum absolute atomic E-state index is 0.417. The molecule has 3 nitrogen and oxygen atoms in total. The van der Waals surface area contributed by atoms with E-state index in [2.05, 4.69) is 76.1 Å². The molecule has 0 amide bonds. The molecule has 2 aromatic heterocycles. The average molecular weight is 450 g/mol. The van der Waals surface area contributed by atoms with Gasteiger partial charge in [-0.15, -0.1) is 0 Å². The Labute approximate surface area is 191 Å². The van der Waals surface area contributed by atoms with Gasteiger partial charge in [-0.3, -0.25) is 0 Å². The summed E-state index contributed by atoms with van der Waals surface area (Å²) in [7, 11) is 0. The van der Waals surface area contributed by atoms with Gasteiger partial charge in [0.2, 0.25) is 0 Å². The maximum absolute atomic E-state index is 12.8. The Morgan fingerprint density at radius 2 is 1.67 bits per heavy atom. The summed E-state index contributed by atoms with van der Waals surface area (Å²) in [5.74, 6) is 1.03. The summed E-state index contributed by atoms with van der Waals surface area (Å²) < 4.78 is 40.8. The monoisotopic (exact) mass is 449 g/mol. The highest BCUT2D eigenvalue weighted by molar-refractivity contribution is 5.84. The average Bonchev–Trinajstić information content (AvgIpc) is 3.19. The van der Waals surface area contributed by atoms with E-state index in [1.54, 1.807) is 0 Å². The molecule has 0 radical (unpaired) electrons. The lowest BCUT2D eigenvalue weighted by molar-refractivity contribution is -0.137. The van der Waals surface area contributed by atoms with Gasteiger partial charge in [-0.1, -0.05) is 48.0 Å². The second-order valence-corrected chi connectivity index (χ2v) is 8.88. The number of benzene rings is 2. The lowest BCUT2D eigenvalue weighted by Crippen LogP contribution is -2.33. The molecule has 1 saturated heterocycles. The number of piperidine rings is 1. The van der Waals surface area contributed by atoms with Crippen LogP contribution in [0.5, 0.6) is 0 Å². The molecule has 170 valence electrons. The van der Waals surface area contributed by atoms with E-state index >= 15 is 0 Å². The maximum Gasteiger partial charge on any atom is 0.417 e. The molecule has 33 heavy (non-hydrogen) atoms. The van der Waals surface area contributed by atoms with Gasteiger partial charge >= 0.3 is 6.18 Å². The highest BCUT2D eigenvalue weighted by Gasteiger charge is 2.31. The van der Waals surface area contributed by atoms with Gasteiger partial charge in [-0.05, 0) is 55.0 Å². The highest BCUT2D eigenvalue weighted by Crippen LogP contribution is 2.36. The van der Waals surface area contributed by atoms with E-state index in [0.717, 1.165) is 44.7 Å². The number of anilines is 1. The number of fused-ring (bicyclic) bond motifs is 1. The highest BCUT2D eigenvalue weighted by atomic mass is 19.4. The maximum atomic E-state index is 12.8. The summed E-state index contributed by atoms with van der Waals surface area (Å²) in [5.41, 5.74) is 4.42. The third-order valence-corrected chi connectivity index (χ3v) is 6.63. The zero-order valence-corrected chi connectivity index (χ0v) is 18.5. The fourth-order valence-electron chi connectivity index (χ4n) is 4.78. The summed E-state index contributed by atoms with van der Waals surface area (Å²) in [6.07, 6.45) is 0.759. The van der Waals surface area contributed by atoms with Crippen LogP contribution in [0.3, 0.4) is 0 Å². The smallest absolute Gasteiger partial charge is 0.357 e. The van der Waals surface area contributed by atoms with Gasteiger partial charge in [0.15, 0.2) is 0 Å². The number of para-hydroxylation sites is 1. The molecule has 1 fully saturated rings. The Bertz CT molecular complexity index is 1230. The molecule has 2 aromatic carbocycles. The number of hydrogen-bond acceptors (Lipinski definition) is 2. The molecule has 3 heterocycles. The van der Waals surface area contributed by atoms with Crippen molar-refractivity contribution < 1.29 is 13.2 Å². The first-order valence-electron chi connectivity index (χ1n) is 11.3.